The van der Waals surface area contributed by atoms with Crippen LogP contribution in [0.2, 0.25) is 0 Å². The van der Waals surface area contributed by atoms with Crippen molar-refractivity contribution < 1.29 is 14.7 Å². The number of benzene rings is 1. The molecule has 1 saturated heterocycles. The van der Waals surface area contributed by atoms with Gasteiger partial charge in [-0.15, -0.1) is 0 Å². The first kappa shape index (κ1) is 14.6. The second kappa shape index (κ2) is 6.07. The molecule has 0 aromatic heterocycles. The van der Waals surface area contributed by atoms with Crippen LogP contribution in [0.3, 0.4) is 0 Å². The molecular weight excluding hydrogens is 254 g/mol. The van der Waals surface area contributed by atoms with E-state index in [0.717, 1.165) is 30.5 Å². The molecule has 1 aliphatic rings. The minimum atomic E-state index is -0.782. The lowest BCUT2D eigenvalue weighted by molar-refractivity contribution is -0.138. The van der Waals surface area contributed by atoms with Crippen LogP contribution in [0.15, 0.2) is 18.2 Å². The van der Waals surface area contributed by atoms with Crippen LogP contribution in [0.25, 0.3) is 0 Å². The third-order valence-electron chi connectivity index (χ3n) is 3.74. The summed E-state index contributed by atoms with van der Waals surface area (Å²) in [5.41, 5.74) is 2.86. The first-order valence-corrected chi connectivity index (χ1v) is 7.05. The number of carbonyl (C=O) groups excluding carboxylic acids is 1. The maximum atomic E-state index is 12.5. The van der Waals surface area contributed by atoms with Gasteiger partial charge in [-0.3, -0.25) is 9.59 Å². The van der Waals surface area contributed by atoms with Gasteiger partial charge in [0.05, 0.1) is 0 Å². The maximum absolute atomic E-state index is 12.5. The Balaban J connectivity index is 2.10. The Bertz CT molecular complexity index is 504. The van der Waals surface area contributed by atoms with Crippen molar-refractivity contribution in [1.82, 2.24) is 4.90 Å². The molecule has 1 N–H and O–H groups in total. The summed E-state index contributed by atoms with van der Waals surface area (Å²) in [6.07, 6.45) is 1.92. The Hall–Kier alpha value is -1.84. The summed E-state index contributed by atoms with van der Waals surface area (Å²) in [4.78, 5) is 25.1. The molecule has 108 valence electrons. The van der Waals surface area contributed by atoms with Crippen LogP contribution in [0.4, 0.5) is 0 Å². The van der Waals surface area contributed by atoms with E-state index < -0.39 is 5.97 Å². The molecule has 2 rings (SSSR count). The third kappa shape index (κ3) is 3.59. The molecule has 1 heterocycles. The van der Waals surface area contributed by atoms with Crippen molar-refractivity contribution in [2.24, 2.45) is 5.92 Å². The Labute approximate surface area is 119 Å². The molecule has 4 heteroatoms. The quantitative estimate of drug-likeness (QED) is 0.922. The predicted molar refractivity (Wildman–Crippen MR) is 76.8 cm³/mol. The van der Waals surface area contributed by atoms with Crippen molar-refractivity contribution in [3.63, 3.8) is 0 Å². The van der Waals surface area contributed by atoms with E-state index in [1.807, 2.05) is 32.0 Å². The van der Waals surface area contributed by atoms with E-state index in [-0.39, 0.29) is 18.2 Å². The van der Waals surface area contributed by atoms with Gasteiger partial charge in [0.1, 0.15) is 0 Å². The normalized spacial score (nSPS) is 18.9. The molecule has 1 unspecified atom stereocenters. The smallest absolute Gasteiger partial charge is 0.303 e. The molecule has 0 bridgehead atoms. The minimum absolute atomic E-state index is 0.0203. The molecule has 1 fully saturated rings. The molecule has 4 nitrogen and oxygen atoms in total. The van der Waals surface area contributed by atoms with Gasteiger partial charge in [-0.25, -0.2) is 0 Å². The highest BCUT2D eigenvalue weighted by Gasteiger charge is 2.26. The number of carboxylic acids is 1. The van der Waals surface area contributed by atoms with Crippen LogP contribution in [-0.4, -0.2) is 35.0 Å². The number of piperidine rings is 1. The van der Waals surface area contributed by atoms with Gasteiger partial charge in [0.15, 0.2) is 0 Å². The summed E-state index contributed by atoms with van der Waals surface area (Å²) in [6.45, 7) is 5.24. The summed E-state index contributed by atoms with van der Waals surface area (Å²) in [6, 6.07) is 5.84. The molecule has 1 aliphatic heterocycles. The topological polar surface area (TPSA) is 57.6 Å². The molecule has 20 heavy (non-hydrogen) atoms. The van der Waals surface area contributed by atoms with E-state index >= 15 is 0 Å². The molecule has 1 aromatic carbocycles. The van der Waals surface area contributed by atoms with Crippen LogP contribution in [0.1, 0.15) is 40.7 Å². The van der Waals surface area contributed by atoms with Crippen molar-refractivity contribution in [3.05, 3.63) is 34.9 Å². The van der Waals surface area contributed by atoms with Gasteiger partial charge in [0, 0.05) is 25.1 Å². The zero-order chi connectivity index (χ0) is 14.7. The van der Waals surface area contributed by atoms with E-state index in [1.165, 1.54) is 0 Å². The first-order valence-electron chi connectivity index (χ1n) is 7.05. The van der Waals surface area contributed by atoms with Crippen molar-refractivity contribution in [2.75, 3.05) is 13.1 Å². The standard InChI is InChI=1S/C16H21NO3/c1-11-6-12(2)8-14(7-11)16(20)17-5-3-4-13(10-17)9-15(18)19/h6-8,13H,3-5,9-10H2,1-2H3,(H,18,19). The Morgan fingerprint density at radius 3 is 2.50 bits per heavy atom. The number of carbonyl (C=O) groups is 2. The summed E-state index contributed by atoms with van der Waals surface area (Å²) in [5.74, 6) is -0.682. The van der Waals surface area contributed by atoms with Gasteiger partial charge in [-0.2, -0.15) is 0 Å². The lowest BCUT2D eigenvalue weighted by Gasteiger charge is -2.32. The maximum Gasteiger partial charge on any atom is 0.303 e. The van der Waals surface area contributed by atoms with E-state index in [2.05, 4.69) is 0 Å². The van der Waals surface area contributed by atoms with E-state index in [4.69, 9.17) is 5.11 Å². The largest absolute Gasteiger partial charge is 0.481 e. The number of hydrogen-bond donors (Lipinski definition) is 1. The van der Waals surface area contributed by atoms with Crippen molar-refractivity contribution in [1.29, 1.82) is 0 Å². The Kier molecular flexibility index (Phi) is 4.42. The van der Waals surface area contributed by atoms with Gasteiger partial charge in [-0.05, 0) is 44.7 Å². The number of rotatable bonds is 3. The van der Waals surface area contributed by atoms with E-state index in [0.29, 0.717) is 12.1 Å². The molecule has 0 aliphatic carbocycles. The van der Waals surface area contributed by atoms with Crippen molar-refractivity contribution in [2.45, 2.75) is 33.1 Å². The van der Waals surface area contributed by atoms with Crippen molar-refractivity contribution in [3.8, 4) is 0 Å². The molecule has 0 saturated carbocycles. The fourth-order valence-corrected chi connectivity index (χ4v) is 2.94. The monoisotopic (exact) mass is 275 g/mol. The van der Waals surface area contributed by atoms with Gasteiger partial charge in [0.2, 0.25) is 0 Å². The Morgan fingerprint density at radius 2 is 1.90 bits per heavy atom. The zero-order valence-corrected chi connectivity index (χ0v) is 12.1. The molecular formula is C16H21NO3. The fraction of sp³-hybridized carbons (Fsp3) is 0.500. The lowest BCUT2D eigenvalue weighted by atomic mass is 9.94. The summed E-state index contributed by atoms with van der Waals surface area (Å²) >= 11 is 0. The number of hydrogen-bond acceptors (Lipinski definition) is 2. The summed E-state index contributed by atoms with van der Waals surface area (Å²) in [5, 5.41) is 8.88. The number of carboxylic acid groups (broad SMARTS) is 1. The van der Waals surface area contributed by atoms with Crippen LogP contribution < -0.4 is 0 Å². The highest BCUT2D eigenvalue weighted by Crippen LogP contribution is 2.22. The summed E-state index contributed by atoms with van der Waals surface area (Å²) in [7, 11) is 0. The second-order valence-electron chi connectivity index (χ2n) is 5.73. The average Bonchev–Trinajstić information content (AvgIpc) is 2.36. The molecule has 0 spiro atoms. The highest BCUT2D eigenvalue weighted by molar-refractivity contribution is 5.94. The number of nitrogens with zero attached hydrogens (tertiary/aromatic N) is 1. The van der Waals surface area contributed by atoms with Gasteiger partial charge in [-0.1, -0.05) is 17.2 Å². The van der Waals surface area contributed by atoms with Gasteiger partial charge >= 0.3 is 5.97 Å². The van der Waals surface area contributed by atoms with Gasteiger partial charge < -0.3 is 10.0 Å². The molecule has 1 atom stereocenters. The first-order chi connectivity index (χ1) is 9.45. The number of aryl methyl sites for hydroxylation is 2. The number of aliphatic carboxylic acids is 1. The minimum Gasteiger partial charge on any atom is -0.481 e. The van der Waals surface area contributed by atoms with Crippen LogP contribution in [0, 0.1) is 19.8 Å². The van der Waals surface area contributed by atoms with Crippen molar-refractivity contribution >= 4 is 11.9 Å². The number of amides is 1. The second-order valence-corrected chi connectivity index (χ2v) is 5.73. The molecule has 1 aromatic rings. The summed E-state index contributed by atoms with van der Waals surface area (Å²) < 4.78 is 0. The Morgan fingerprint density at radius 1 is 1.25 bits per heavy atom. The van der Waals surface area contributed by atoms with Crippen LogP contribution >= 0.6 is 0 Å². The lowest BCUT2D eigenvalue weighted by Crippen LogP contribution is -2.40. The van der Waals surface area contributed by atoms with E-state index in [9.17, 15) is 9.59 Å². The zero-order valence-electron chi connectivity index (χ0n) is 12.1. The van der Waals surface area contributed by atoms with Crippen LogP contribution in [0.5, 0.6) is 0 Å². The predicted octanol–water partition coefficient (Wildman–Crippen LogP) is 2.63. The third-order valence-corrected chi connectivity index (χ3v) is 3.74. The number of likely N-dealkylation sites (tertiary alicyclic amines) is 1. The van der Waals surface area contributed by atoms with Gasteiger partial charge in [0.25, 0.3) is 5.91 Å². The molecule has 0 radical (unpaired) electrons. The SMILES string of the molecule is Cc1cc(C)cc(C(=O)N2CCCC(CC(=O)O)C2)c1. The average molecular weight is 275 g/mol. The van der Waals surface area contributed by atoms with Crippen LogP contribution in [-0.2, 0) is 4.79 Å². The van der Waals surface area contributed by atoms with E-state index in [1.54, 1.807) is 4.90 Å². The highest BCUT2D eigenvalue weighted by atomic mass is 16.4. The fourth-order valence-electron chi connectivity index (χ4n) is 2.94. The molecule has 1 amide bonds.